The third-order valence-corrected chi connectivity index (χ3v) is 6.64. The normalized spacial score (nSPS) is 15.5. The highest BCUT2D eigenvalue weighted by Crippen LogP contribution is 2.39. The highest BCUT2D eigenvalue weighted by molar-refractivity contribution is 9.10. The van der Waals surface area contributed by atoms with Gasteiger partial charge < -0.3 is 19.5 Å². The number of nitrogens with zero attached hydrogens (tertiary/aromatic N) is 1. The van der Waals surface area contributed by atoms with Crippen LogP contribution in [0, 0.1) is 6.92 Å². The van der Waals surface area contributed by atoms with Crippen molar-refractivity contribution in [2.75, 3.05) is 14.2 Å². The summed E-state index contributed by atoms with van der Waals surface area (Å²) in [6.07, 6.45) is 1.80. The number of thioether (sulfide) groups is 1. The van der Waals surface area contributed by atoms with Crippen molar-refractivity contribution in [3.63, 3.8) is 0 Å². The lowest BCUT2D eigenvalue weighted by molar-refractivity contribution is -0.115. The second-order valence-electron chi connectivity index (χ2n) is 7.43. The number of carbonyl (C=O) groups excluding carboxylic acids is 1. The van der Waals surface area contributed by atoms with E-state index in [1.54, 1.807) is 20.3 Å². The fourth-order valence-electron chi connectivity index (χ4n) is 3.29. The van der Waals surface area contributed by atoms with Crippen molar-refractivity contribution in [1.29, 1.82) is 0 Å². The van der Waals surface area contributed by atoms with E-state index in [0.29, 0.717) is 28.2 Å². The molecule has 0 bridgehead atoms. The number of aryl methyl sites for hydroxylation is 1. The molecule has 8 heteroatoms. The van der Waals surface area contributed by atoms with E-state index in [0.717, 1.165) is 32.6 Å². The Morgan fingerprint density at radius 1 is 1.06 bits per heavy atom. The van der Waals surface area contributed by atoms with Gasteiger partial charge in [0.25, 0.3) is 5.91 Å². The number of rotatable bonds is 7. The van der Waals surface area contributed by atoms with Crippen molar-refractivity contribution in [2.24, 2.45) is 4.99 Å². The topological polar surface area (TPSA) is 69.2 Å². The minimum absolute atomic E-state index is 0.202. The summed E-state index contributed by atoms with van der Waals surface area (Å²) in [7, 11) is 3.21. The van der Waals surface area contributed by atoms with E-state index in [2.05, 4.69) is 39.2 Å². The molecule has 3 aromatic rings. The molecule has 34 heavy (non-hydrogen) atoms. The highest BCUT2D eigenvalue weighted by atomic mass is 79.9. The summed E-state index contributed by atoms with van der Waals surface area (Å²) in [5.74, 6) is 1.73. The standard InChI is InChI=1S/C26H23BrN2O4S/c1-16-6-4-5-7-18(16)15-33-24-21(27)12-17(13-22(24)32-3)14-23-25(30)29-26(34-23)28-19-8-10-20(31-2)11-9-19/h4-14H,15H2,1-3H3,(H,28,29,30)/b23-14-. The van der Waals surface area contributed by atoms with Crippen molar-refractivity contribution in [3.8, 4) is 17.2 Å². The van der Waals surface area contributed by atoms with E-state index in [4.69, 9.17) is 14.2 Å². The van der Waals surface area contributed by atoms with Gasteiger partial charge in [0.1, 0.15) is 12.4 Å². The molecule has 1 fully saturated rings. The maximum atomic E-state index is 12.5. The van der Waals surface area contributed by atoms with Gasteiger partial charge in [-0.05, 0) is 93.8 Å². The molecule has 0 radical (unpaired) electrons. The monoisotopic (exact) mass is 538 g/mol. The third kappa shape index (κ3) is 5.63. The van der Waals surface area contributed by atoms with E-state index in [9.17, 15) is 4.79 Å². The Morgan fingerprint density at radius 3 is 2.53 bits per heavy atom. The molecular weight excluding hydrogens is 516 g/mol. The van der Waals surface area contributed by atoms with Crippen LogP contribution in [-0.2, 0) is 11.4 Å². The van der Waals surface area contributed by atoms with Gasteiger partial charge in [-0.3, -0.25) is 4.79 Å². The number of carbonyl (C=O) groups is 1. The maximum absolute atomic E-state index is 12.5. The number of amidine groups is 1. The predicted octanol–water partition coefficient (Wildman–Crippen LogP) is 6.25. The number of benzene rings is 3. The summed E-state index contributed by atoms with van der Waals surface area (Å²) in [5.41, 5.74) is 3.79. The van der Waals surface area contributed by atoms with Crippen LogP contribution in [0.25, 0.3) is 6.08 Å². The predicted molar refractivity (Wildman–Crippen MR) is 140 cm³/mol. The quantitative estimate of drug-likeness (QED) is 0.360. The molecule has 1 N–H and O–H groups in total. The van der Waals surface area contributed by atoms with Crippen LogP contribution in [0.4, 0.5) is 5.69 Å². The second kappa shape index (κ2) is 10.8. The number of ether oxygens (including phenoxy) is 3. The molecule has 4 rings (SSSR count). The van der Waals surface area contributed by atoms with Gasteiger partial charge in [0.05, 0.1) is 29.3 Å². The zero-order chi connectivity index (χ0) is 24.1. The van der Waals surface area contributed by atoms with E-state index in [-0.39, 0.29) is 5.91 Å². The number of amides is 1. The lowest BCUT2D eigenvalue weighted by atomic mass is 10.1. The molecule has 1 heterocycles. The Kier molecular flexibility index (Phi) is 7.59. The molecule has 0 saturated carbocycles. The minimum atomic E-state index is -0.202. The van der Waals surface area contributed by atoms with Gasteiger partial charge in [-0.15, -0.1) is 0 Å². The summed E-state index contributed by atoms with van der Waals surface area (Å²) in [6, 6.07) is 19.1. The molecule has 1 saturated heterocycles. The van der Waals surface area contributed by atoms with E-state index in [1.165, 1.54) is 11.8 Å². The molecule has 174 valence electrons. The molecule has 0 unspecified atom stereocenters. The van der Waals surface area contributed by atoms with Crippen molar-refractivity contribution < 1.29 is 19.0 Å². The summed E-state index contributed by atoms with van der Waals surface area (Å²) in [4.78, 5) is 17.5. The molecule has 1 amide bonds. The van der Waals surface area contributed by atoms with Crippen LogP contribution in [0.5, 0.6) is 17.2 Å². The molecule has 1 aliphatic rings. The number of hydrogen-bond acceptors (Lipinski definition) is 6. The highest BCUT2D eigenvalue weighted by Gasteiger charge is 2.24. The van der Waals surface area contributed by atoms with Crippen LogP contribution in [0.2, 0.25) is 0 Å². The van der Waals surface area contributed by atoms with Gasteiger partial charge in [-0.25, -0.2) is 4.99 Å². The van der Waals surface area contributed by atoms with Gasteiger partial charge in [-0.2, -0.15) is 0 Å². The molecular formula is C26H23BrN2O4S. The van der Waals surface area contributed by atoms with Crippen LogP contribution in [0.3, 0.4) is 0 Å². The van der Waals surface area contributed by atoms with Gasteiger partial charge >= 0.3 is 0 Å². The number of hydrogen-bond donors (Lipinski definition) is 1. The van der Waals surface area contributed by atoms with Crippen molar-refractivity contribution in [3.05, 3.63) is 86.7 Å². The largest absolute Gasteiger partial charge is 0.497 e. The lowest BCUT2D eigenvalue weighted by Gasteiger charge is -2.14. The van der Waals surface area contributed by atoms with Crippen molar-refractivity contribution in [1.82, 2.24) is 5.32 Å². The molecule has 0 aliphatic carbocycles. The first kappa shape index (κ1) is 23.9. The third-order valence-electron chi connectivity index (χ3n) is 5.14. The molecule has 6 nitrogen and oxygen atoms in total. The minimum Gasteiger partial charge on any atom is -0.497 e. The van der Waals surface area contributed by atoms with Crippen LogP contribution in [-0.4, -0.2) is 25.3 Å². The fourth-order valence-corrected chi connectivity index (χ4v) is 4.71. The molecule has 0 aromatic heterocycles. The first-order valence-corrected chi connectivity index (χ1v) is 12.1. The number of halogens is 1. The number of aliphatic imine (C=N–C) groups is 1. The van der Waals surface area contributed by atoms with Gasteiger partial charge in [-0.1, -0.05) is 24.3 Å². The first-order valence-electron chi connectivity index (χ1n) is 10.5. The zero-order valence-corrected chi connectivity index (χ0v) is 21.3. The van der Waals surface area contributed by atoms with E-state index < -0.39 is 0 Å². The van der Waals surface area contributed by atoms with Crippen LogP contribution in [0.15, 0.2) is 75.0 Å². The Bertz CT molecular complexity index is 1270. The summed E-state index contributed by atoms with van der Waals surface area (Å²) in [6.45, 7) is 2.47. The Morgan fingerprint density at radius 2 is 1.82 bits per heavy atom. The zero-order valence-electron chi connectivity index (χ0n) is 18.9. The molecule has 1 aliphatic heterocycles. The molecule has 3 aromatic carbocycles. The van der Waals surface area contributed by atoms with E-state index in [1.807, 2.05) is 54.6 Å². The smallest absolute Gasteiger partial charge is 0.264 e. The summed E-state index contributed by atoms with van der Waals surface area (Å²) < 4.78 is 17.5. The average Bonchev–Trinajstić information content (AvgIpc) is 3.17. The first-order chi connectivity index (χ1) is 16.5. The average molecular weight is 539 g/mol. The number of nitrogens with one attached hydrogen (secondary N) is 1. The van der Waals surface area contributed by atoms with Crippen molar-refractivity contribution in [2.45, 2.75) is 13.5 Å². The summed E-state index contributed by atoms with van der Waals surface area (Å²) >= 11 is 4.87. The Hall–Kier alpha value is -3.23. The van der Waals surface area contributed by atoms with Gasteiger partial charge in [0, 0.05) is 0 Å². The number of methoxy groups -OCH3 is 2. The molecule has 0 atom stereocenters. The van der Waals surface area contributed by atoms with E-state index >= 15 is 0 Å². The molecule has 0 spiro atoms. The van der Waals surface area contributed by atoms with Crippen molar-refractivity contribution >= 4 is 50.5 Å². The van der Waals surface area contributed by atoms with Crippen LogP contribution < -0.4 is 19.5 Å². The Labute approximate surface area is 211 Å². The maximum Gasteiger partial charge on any atom is 0.264 e. The SMILES string of the molecule is COc1ccc(N=C2NC(=O)/C(=C/c3cc(Br)c(OCc4ccccc4C)c(OC)c3)S2)cc1. The lowest BCUT2D eigenvalue weighted by Crippen LogP contribution is -2.19. The van der Waals surface area contributed by atoms with Gasteiger partial charge in [0.2, 0.25) is 0 Å². The fraction of sp³-hybridized carbons (Fsp3) is 0.154. The second-order valence-corrected chi connectivity index (χ2v) is 9.31. The van der Waals surface area contributed by atoms with Crippen LogP contribution >= 0.6 is 27.7 Å². The summed E-state index contributed by atoms with van der Waals surface area (Å²) in [5, 5.41) is 3.33. The van der Waals surface area contributed by atoms with Gasteiger partial charge in [0.15, 0.2) is 16.7 Å². The Balaban J connectivity index is 1.53. The van der Waals surface area contributed by atoms with Crippen LogP contribution in [0.1, 0.15) is 16.7 Å².